The number of rotatable bonds is 5. The molecular weight excluding hydrogens is 188 g/mol. The molecule has 1 aromatic rings. The molecule has 1 heterocycles. The van der Waals surface area contributed by atoms with E-state index in [0.29, 0.717) is 12.6 Å². The first-order valence-corrected chi connectivity index (χ1v) is 5.32. The van der Waals surface area contributed by atoms with Crippen molar-refractivity contribution in [2.75, 3.05) is 11.9 Å². The molecular formula is C11H20N4. The Morgan fingerprint density at radius 2 is 2.20 bits per heavy atom. The summed E-state index contributed by atoms with van der Waals surface area (Å²) >= 11 is 0. The molecule has 0 saturated heterocycles. The van der Waals surface area contributed by atoms with Gasteiger partial charge in [0.1, 0.15) is 0 Å². The molecule has 4 nitrogen and oxygen atoms in total. The quantitative estimate of drug-likeness (QED) is 0.680. The number of nitrogens with one attached hydrogen (secondary N) is 1. The van der Waals surface area contributed by atoms with E-state index in [0.717, 1.165) is 17.8 Å². The maximum absolute atomic E-state index is 6.00. The van der Waals surface area contributed by atoms with Gasteiger partial charge >= 0.3 is 0 Å². The van der Waals surface area contributed by atoms with Crippen molar-refractivity contribution in [3.63, 3.8) is 0 Å². The molecule has 0 aliphatic heterocycles. The molecule has 0 bridgehead atoms. The lowest BCUT2D eigenvalue weighted by molar-refractivity contribution is 0.643. The van der Waals surface area contributed by atoms with Crippen LogP contribution in [0.25, 0.3) is 0 Å². The Kier molecular flexibility index (Phi) is 4.52. The van der Waals surface area contributed by atoms with E-state index in [1.807, 2.05) is 12.1 Å². The highest BCUT2D eigenvalue weighted by Gasteiger charge is 2.11. The topological polar surface area (TPSA) is 77.0 Å². The van der Waals surface area contributed by atoms with Crippen LogP contribution in [0.5, 0.6) is 0 Å². The Bertz CT molecular complexity index is 298. The summed E-state index contributed by atoms with van der Waals surface area (Å²) in [5, 5.41) is 3.33. The number of anilines is 1. The molecule has 0 saturated carbocycles. The van der Waals surface area contributed by atoms with E-state index in [1.54, 1.807) is 6.20 Å². The van der Waals surface area contributed by atoms with Gasteiger partial charge in [0.25, 0.3) is 0 Å². The maximum atomic E-state index is 6.00. The number of aromatic nitrogens is 1. The van der Waals surface area contributed by atoms with Crippen LogP contribution in [0.3, 0.4) is 0 Å². The van der Waals surface area contributed by atoms with E-state index >= 15 is 0 Å². The molecule has 1 rings (SSSR count). The van der Waals surface area contributed by atoms with Crippen molar-refractivity contribution >= 4 is 5.69 Å². The average Bonchev–Trinajstić information content (AvgIpc) is 2.18. The van der Waals surface area contributed by atoms with Gasteiger partial charge in [0.2, 0.25) is 0 Å². The van der Waals surface area contributed by atoms with Crippen LogP contribution < -0.4 is 16.8 Å². The van der Waals surface area contributed by atoms with Crippen molar-refractivity contribution in [1.82, 2.24) is 4.98 Å². The fraction of sp³-hybridized carbons (Fsp3) is 0.545. The summed E-state index contributed by atoms with van der Waals surface area (Å²) in [4.78, 5) is 4.31. The molecule has 0 radical (unpaired) electrons. The molecule has 5 N–H and O–H groups in total. The van der Waals surface area contributed by atoms with Gasteiger partial charge in [-0.1, -0.05) is 0 Å². The first kappa shape index (κ1) is 11.9. The SMILES string of the molecule is CC(C)Nc1cccnc1C(N)CCN. The molecule has 0 spiro atoms. The second kappa shape index (κ2) is 5.68. The van der Waals surface area contributed by atoms with Gasteiger partial charge in [-0.05, 0) is 38.9 Å². The van der Waals surface area contributed by atoms with Crippen molar-refractivity contribution in [1.29, 1.82) is 0 Å². The molecule has 0 aliphatic carbocycles. The van der Waals surface area contributed by atoms with Gasteiger partial charge in [-0.15, -0.1) is 0 Å². The Labute approximate surface area is 91.1 Å². The fourth-order valence-corrected chi connectivity index (χ4v) is 1.46. The van der Waals surface area contributed by atoms with Gasteiger partial charge in [0.05, 0.1) is 17.4 Å². The predicted molar refractivity (Wildman–Crippen MR) is 63.6 cm³/mol. The van der Waals surface area contributed by atoms with Crippen molar-refractivity contribution in [3.05, 3.63) is 24.0 Å². The van der Waals surface area contributed by atoms with E-state index in [2.05, 4.69) is 24.1 Å². The van der Waals surface area contributed by atoms with Crippen LogP contribution in [0.1, 0.15) is 32.0 Å². The highest BCUT2D eigenvalue weighted by atomic mass is 14.9. The van der Waals surface area contributed by atoms with Crippen molar-refractivity contribution < 1.29 is 0 Å². The van der Waals surface area contributed by atoms with Gasteiger partial charge in [-0.2, -0.15) is 0 Å². The summed E-state index contributed by atoms with van der Waals surface area (Å²) in [6.45, 7) is 4.76. The normalized spacial score (nSPS) is 12.9. The minimum atomic E-state index is -0.0857. The van der Waals surface area contributed by atoms with Crippen LogP contribution in [0.2, 0.25) is 0 Å². The van der Waals surface area contributed by atoms with Crippen LogP contribution in [-0.4, -0.2) is 17.6 Å². The van der Waals surface area contributed by atoms with E-state index in [4.69, 9.17) is 11.5 Å². The summed E-state index contributed by atoms with van der Waals surface area (Å²) in [7, 11) is 0. The number of pyridine rings is 1. The van der Waals surface area contributed by atoms with E-state index < -0.39 is 0 Å². The Hall–Kier alpha value is -1.13. The third kappa shape index (κ3) is 3.49. The highest BCUT2D eigenvalue weighted by Crippen LogP contribution is 2.20. The molecule has 0 amide bonds. The van der Waals surface area contributed by atoms with Gasteiger partial charge in [-0.25, -0.2) is 0 Å². The molecule has 1 aromatic heterocycles. The summed E-state index contributed by atoms with van der Waals surface area (Å²) in [6.07, 6.45) is 2.51. The number of nitrogens with two attached hydrogens (primary N) is 2. The summed E-state index contributed by atoms with van der Waals surface area (Å²) in [5.74, 6) is 0. The van der Waals surface area contributed by atoms with Gasteiger partial charge in [0, 0.05) is 12.2 Å². The monoisotopic (exact) mass is 208 g/mol. The van der Waals surface area contributed by atoms with Crippen molar-refractivity contribution in [2.24, 2.45) is 11.5 Å². The van der Waals surface area contributed by atoms with Gasteiger partial charge in [0.15, 0.2) is 0 Å². The van der Waals surface area contributed by atoms with Crippen LogP contribution in [0.15, 0.2) is 18.3 Å². The molecule has 0 aromatic carbocycles. The first-order valence-electron chi connectivity index (χ1n) is 5.32. The lowest BCUT2D eigenvalue weighted by atomic mass is 10.1. The average molecular weight is 208 g/mol. The van der Waals surface area contributed by atoms with Crippen molar-refractivity contribution in [3.8, 4) is 0 Å². The van der Waals surface area contributed by atoms with Gasteiger partial charge in [-0.3, -0.25) is 4.98 Å². The first-order chi connectivity index (χ1) is 7.15. The maximum Gasteiger partial charge on any atom is 0.0802 e. The zero-order valence-electron chi connectivity index (χ0n) is 9.40. The van der Waals surface area contributed by atoms with Crippen LogP contribution in [0.4, 0.5) is 5.69 Å². The Balaban J connectivity index is 2.85. The largest absolute Gasteiger partial charge is 0.381 e. The van der Waals surface area contributed by atoms with Crippen LogP contribution in [-0.2, 0) is 0 Å². The second-order valence-electron chi connectivity index (χ2n) is 3.92. The lowest BCUT2D eigenvalue weighted by Crippen LogP contribution is -2.20. The number of hydrogen-bond acceptors (Lipinski definition) is 4. The summed E-state index contributed by atoms with van der Waals surface area (Å²) in [5.41, 5.74) is 13.4. The van der Waals surface area contributed by atoms with Gasteiger partial charge < -0.3 is 16.8 Å². The molecule has 84 valence electrons. The molecule has 0 aliphatic rings. The Morgan fingerprint density at radius 3 is 2.80 bits per heavy atom. The smallest absolute Gasteiger partial charge is 0.0802 e. The summed E-state index contributed by atoms with van der Waals surface area (Å²) < 4.78 is 0. The highest BCUT2D eigenvalue weighted by molar-refractivity contribution is 5.49. The minimum absolute atomic E-state index is 0.0857. The zero-order valence-corrected chi connectivity index (χ0v) is 9.40. The third-order valence-electron chi connectivity index (χ3n) is 2.11. The fourth-order valence-electron chi connectivity index (χ4n) is 1.46. The number of nitrogens with zero attached hydrogens (tertiary/aromatic N) is 1. The Morgan fingerprint density at radius 1 is 1.47 bits per heavy atom. The number of hydrogen-bond donors (Lipinski definition) is 3. The summed E-state index contributed by atoms with van der Waals surface area (Å²) in [6, 6.07) is 4.19. The van der Waals surface area contributed by atoms with E-state index in [1.165, 1.54) is 0 Å². The molecule has 15 heavy (non-hydrogen) atoms. The van der Waals surface area contributed by atoms with Crippen LogP contribution >= 0.6 is 0 Å². The van der Waals surface area contributed by atoms with Crippen molar-refractivity contribution in [2.45, 2.75) is 32.4 Å². The third-order valence-corrected chi connectivity index (χ3v) is 2.11. The van der Waals surface area contributed by atoms with E-state index in [-0.39, 0.29) is 6.04 Å². The molecule has 4 heteroatoms. The standard InChI is InChI=1S/C11H20N4/c1-8(2)15-10-4-3-7-14-11(10)9(13)5-6-12/h3-4,7-9,15H,5-6,12-13H2,1-2H3. The molecule has 1 unspecified atom stereocenters. The predicted octanol–water partition coefficient (Wildman–Crippen LogP) is 1.25. The minimum Gasteiger partial charge on any atom is -0.381 e. The second-order valence-corrected chi connectivity index (χ2v) is 3.92. The molecule has 1 atom stereocenters. The van der Waals surface area contributed by atoms with Crippen LogP contribution in [0, 0.1) is 0 Å². The lowest BCUT2D eigenvalue weighted by Gasteiger charge is -2.17. The molecule has 0 fully saturated rings. The van der Waals surface area contributed by atoms with E-state index in [9.17, 15) is 0 Å². The zero-order chi connectivity index (χ0) is 11.3.